The van der Waals surface area contributed by atoms with E-state index < -0.39 is 0 Å². The van der Waals surface area contributed by atoms with E-state index in [-0.39, 0.29) is 11.7 Å². The Labute approximate surface area is 168 Å². The largest absolute Gasteiger partial charge is 0.486 e. The fourth-order valence-corrected chi connectivity index (χ4v) is 4.10. The van der Waals surface area contributed by atoms with Gasteiger partial charge < -0.3 is 14.8 Å². The van der Waals surface area contributed by atoms with Gasteiger partial charge in [-0.05, 0) is 49.7 Å². The number of benzene rings is 1. The fraction of sp³-hybridized carbons (Fsp3) is 0.364. The van der Waals surface area contributed by atoms with E-state index in [9.17, 15) is 9.18 Å². The van der Waals surface area contributed by atoms with Crippen LogP contribution in [0.3, 0.4) is 0 Å². The van der Waals surface area contributed by atoms with Crippen molar-refractivity contribution in [3.63, 3.8) is 0 Å². The van der Waals surface area contributed by atoms with Crippen LogP contribution in [0.5, 0.6) is 0 Å². The van der Waals surface area contributed by atoms with Gasteiger partial charge in [0.15, 0.2) is 0 Å². The number of rotatable bonds is 4. The Morgan fingerprint density at radius 1 is 1.14 bits per heavy atom. The summed E-state index contributed by atoms with van der Waals surface area (Å²) >= 11 is 0. The second-order valence-electron chi connectivity index (χ2n) is 7.49. The molecule has 0 unspecified atom stereocenters. The van der Waals surface area contributed by atoms with Crippen LogP contribution in [0.25, 0.3) is 11.3 Å². The molecule has 2 aromatic rings. The molecule has 1 aromatic carbocycles. The highest BCUT2D eigenvalue weighted by molar-refractivity contribution is 6.36. The van der Waals surface area contributed by atoms with Crippen molar-refractivity contribution in [2.75, 3.05) is 38.2 Å². The molecule has 0 aliphatic carbocycles. The fourth-order valence-electron chi connectivity index (χ4n) is 4.10. The maximum atomic E-state index is 13.7. The van der Waals surface area contributed by atoms with Crippen LogP contribution in [-0.2, 0) is 27.3 Å². The zero-order valence-electron chi connectivity index (χ0n) is 16.0. The van der Waals surface area contributed by atoms with E-state index in [1.54, 1.807) is 6.07 Å². The molecule has 29 heavy (non-hydrogen) atoms. The number of fused-ring (bicyclic) bond motifs is 2. The van der Waals surface area contributed by atoms with Gasteiger partial charge in [-0.15, -0.1) is 0 Å². The Morgan fingerprint density at radius 3 is 2.86 bits per heavy atom. The molecule has 1 amide bonds. The monoisotopic (exact) mass is 395 g/mol. The molecule has 1 saturated heterocycles. The van der Waals surface area contributed by atoms with Crippen LogP contribution >= 0.6 is 0 Å². The minimum absolute atomic E-state index is 0.275. The average Bonchev–Trinajstić information content (AvgIpc) is 3.28. The number of nitrogens with one attached hydrogen (secondary N) is 1. The van der Waals surface area contributed by atoms with Crippen LogP contribution in [0.2, 0.25) is 0 Å². The molecule has 3 aliphatic heterocycles. The lowest BCUT2D eigenvalue weighted by Gasteiger charge is -2.26. The maximum absolute atomic E-state index is 13.7. The lowest BCUT2D eigenvalue weighted by atomic mass is 10.0. The molecule has 4 heterocycles. The van der Waals surface area contributed by atoms with E-state index in [0.29, 0.717) is 29.2 Å². The minimum atomic E-state index is -0.384. The number of anilines is 1. The molecule has 5 rings (SSSR count). The van der Waals surface area contributed by atoms with Crippen molar-refractivity contribution < 1.29 is 18.7 Å². The summed E-state index contributed by atoms with van der Waals surface area (Å²) in [6.07, 6.45) is 1.93. The SMILES string of the molecule is O=C1Nc2ccc(F)cc2/C1=C1\OCc2nc(CCCN3CCOCC3)ccc21. The van der Waals surface area contributed by atoms with Crippen LogP contribution in [0.4, 0.5) is 10.1 Å². The van der Waals surface area contributed by atoms with Gasteiger partial charge in [0.2, 0.25) is 0 Å². The predicted molar refractivity (Wildman–Crippen MR) is 106 cm³/mol. The number of nitrogens with zero attached hydrogens (tertiary/aromatic N) is 2. The number of carbonyl (C=O) groups excluding carboxylic acids is 1. The number of morpholine rings is 1. The van der Waals surface area contributed by atoms with Crippen molar-refractivity contribution in [1.29, 1.82) is 0 Å². The molecule has 1 fully saturated rings. The molecule has 0 radical (unpaired) electrons. The van der Waals surface area contributed by atoms with Crippen molar-refractivity contribution >= 4 is 22.9 Å². The Morgan fingerprint density at radius 2 is 2.00 bits per heavy atom. The van der Waals surface area contributed by atoms with E-state index in [1.807, 2.05) is 12.1 Å². The second-order valence-corrected chi connectivity index (χ2v) is 7.49. The number of pyridine rings is 1. The first-order valence-corrected chi connectivity index (χ1v) is 9.96. The standard InChI is InChI=1S/C22H22FN3O3/c23-14-3-6-18-17(12-14)20(22(27)25-18)21-16-5-4-15(24-19(16)13-29-21)2-1-7-26-8-10-28-11-9-26/h3-6,12H,1-2,7-11,13H2,(H,25,27)/b21-20+. The zero-order valence-corrected chi connectivity index (χ0v) is 16.0. The van der Waals surface area contributed by atoms with Crippen LogP contribution in [0, 0.1) is 5.82 Å². The molecule has 6 nitrogen and oxygen atoms in total. The summed E-state index contributed by atoms with van der Waals surface area (Å²) in [7, 11) is 0. The molecule has 7 heteroatoms. The summed E-state index contributed by atoms with van der Waals surface area (Å²) in [5.74, 6) is -0.178. The zero-order chi connectivity index (χ0) is 19.8. The molecule has 0 saturated carbocycles. The first-order chi connectivity index (χ1) is 14.2. The number of halogens is 1. The summed E-state index contributed by atoms with van der Waals surface area (Å²) in [5.41, 5.74) is 4.17. The third kappa shape index (κ3) is 3.52. The Balaban J connectivity index is 1.35. The van der Waals surface area contributed by atoms with Crippen molar-refractivity contribution in [2.45, 2.75) is 19.4 Å². The Kier molecular flexibility index (Phi) is 4.77. The van der Waals surface area contributed by atoms with E-state index in [4.69, 9.17) is 14.5 Å². The molecule has 150 valence electrons. The van der Waals surface area contributed by atoms with Crippen LogP contribution < -0.4 is 5.32 Å². The number of hydrogen-bond donors (Lipinski definition) is 1. The molecule has 3 aliphatic rings. The topological polar surface area (TPSA) is 63.7 Å². The van der Waals surface area contributed by atoms with Gasteiger partial charge in [-0.25, -0.2) is 4.39 Å². The highest BCUT2D eigenvalue weighted by Crippen LogP contribution is 2.41. The maximum Gasteiger partial charge on any atom is 0.260 e. The van der Waals surface area contributed by atoms with E-state index in [1.165, 1.54) is 12.1 Å². The van der Waals surface area contributed by atoms with Gasteiger partial charge in [0, 0.05) is 35.6 Å². The van der Waals surface area contributed by atoms with E-state index in [0.717, 1.165) is 62.6 Å². The predicted octanol–water partition coefficient (Wildman–Crippen LogP) is 2.84. The summed E-state index contributed by atoms with van der Waals surface area (Å²) in [4.78, 5) is 19.7. The van der Waals surface area contributed by atoms with Gasteiger partial charge in [0.05, 0.1) is 24.5 Å². The first kappa shape index (κ1) is 18.3. The molecule has 0 bridgehead atoms. The molecule has 1 N–H and O–H groups in total. The third-order valence-corrected chi connectivity index (χ3v) is 5.59. The lowest BCUT2D eigenvalue weighted by molar-refractivity contribution is -0.110. The molecular formula is C22H22FN3O3. The lowest BCUT2D eigenvalue weighted by Crippen LogP contribution is -2.36. The molecule has 0 spiro atoms. The normalized spacial score (nSPS) is 20.9. The summed E-state index contributed by atoms with van der Waals surface area (Å²) < 4.78 is 24.9. The van der Waals surface area contributed by atoms with Gasteiger partial charge in [-0.2, -0.15) is 0 Å². The minimum Gasteiger partial charge on any atom is -0.486 e. The Bertz CT molecular complexity index is 999. The number of aromatic nitrogens is 1. The molecular weight excluding hydrogens is 373 g/mol. The van der Waals surface area contributed by atoms with Gasteiger partial charge in [-0.1, -0.05) is 0 Å². The summed E-state index contributed by atoms with van der Waals surface area (Å²) in [6.45, 7) is 4.97. The highest BCUT2D eigenvalue weighted by Gasteiger charge is 2.33. The van der Waals surface area contributed by atoms with Crippen molar-refractivity contribution in [1.82, 2.24) is 9.88 Å². The van der Waals surface area contributed by atoms with Crippen LogP contribution in [0.1, 0.15) is 28.9 Å². The molecule has 0 atom stereocenters. The second kappa shape index (κ2) is 7.57. The van der Waals surface area contributed by atoms with E-state index in [2.05, 4.69) is 10.2 Å². The number of carbonyl (C=O) groups is 1. The Hall–Kier alpha value is -2.77. The smallest absolute Gasteiger partial charge is 0.260 e. The van der Waals surface area contributed by atoms with Gasteiger partial charge in [0.1, 0.15) is 18.2 Å². The van der Waals surface area contributed by atoms with E-state index >= 15 is 0 Å². The molecule has 1 aromatic heterocycles. The third-order valence-electron chi connectivity index (χ3n) is 5.59. The van der Waals surface area contributed by atoms with Crippen LogP contribution in [0.15, 0.2) is 30.3 Å². The van der Waals surface area contributed by atoms with Gasteiger partial charge in [-0.3, -0.25) is 14.7 Å². The van der Waals surface area contributed by atoms with Crippen molar-refractivity contribution in [3.05, 3.63) is 58.7 Å². The number of hydrogen-bond acceptors (Lipinski definition) is 5. The average molecular weight is 395 g/mol. The number of ether oxygens (including phenoxy) is 2. The first-order valence-electron chi connectivity index (χ1n) is 9.96. The number of amides is 1. The quantitative estimate of drug-likeness (QED) is 0.807. The van der Waals surface area contributed by atoms with Crippen molar-refractivity contribution in [3.8, 4) is 0 Å². The van der Waals surface area contributed by atoms with Gasteiger partial charge in [0.25, 0.3) is 5.91 Å². The van der Waals surface area contributed by atoms with Crippen molar-refractivity contribution in [2.24, 2.45) is 0 Å². The van der Waals surface area contributed by atoms with Gasteiger partial charge >= 0.3 is 0 Å². The summed E-state index contributed by atoms with van der Waals surface area (Å²) in [5, 5.41) is 2.78. The number of aryl methyl sites for hydroxylation is 1. The highest BCUT2D eigenvalue weighted by atomic mass is 19.1. The van der Waals surface area contributed by atoms with Crippen LogP contribution in [-0.4, -0.2) is 48.6 Å². The summed E-state index contributed by atoms with van der Waals surface area (Å²) in [6, 6.07) is 8.23.